The van der Waals surface area contributed by atoms with E-state index in [0.717, 1.165) is 5.56 Å². The van der Waals surface area contributed by atoms with Gasteiger partial charge >= 0.3 is 5.97 Å². The SMILES string of the molecule is COC(=O)c1cccc(NC(=O)c2cn(C[C@H](O)c3ccccc3)nn2)c1. The normalized spacial score (nSPS) is 11.6. The van der Waals surface area contributed by atoms with Gasteiger partial charge in [0, 0.05) is 5.69 Å². The Hall–Kier alpha value is -3.52. The van der Waals surface area contributed by atoms with E-state index >= 15 is 0 Å². The van der Waals surface area contributed by atoms with Crippen LogP contribution >= 0.6 is 0 Å². The van der Waals surface area contributed by atoms with Crippen molar-refractivity contribution < 1.29 is 19.4 Å². The topological polar surface area (TPSA) is 106 Å². The molecule has 0 bridgehead atoms. The Morgan fingerprint density at radius 2 is 1.96 bits per heavy atom. The van der Waals surface area contributed by atoms with Crippen LogP contribution in [-0.2, 0) is 11.3 Å². The van der Waals surface area contributed by atoms with Crippen molar-refractivity contribution in [3.8, 4) is 0 Å². The molecular weight excluding hydrogens is 348 g/mol. The summed E-state index contributed by atoms with van der Waals surface area (Å²) in [6.45, 7) is 0.169. The fourth-order valence-corrected chi connectivity index (χ4v) is 2.49. The lowest BCUT2D eigenvalue weighted by Gasteiger charge is -2.09. The summed E-state index contributed by atoms with van der Waals surface area (Å²) < 4.78 is 6.06. The number of aliphatic hydroxyl groups is 1. The first-order chi connectivity index (χ1) is 13.1. The van der Waals surface area contributed by atoms with E-state index in [4.69, 9.17) is 0 Å². The zero-order valence-electron chi connectivity index (χ0n) is 14.6. The minimum absolute atomic E-state index is 0.0960. The lowest BCUT2D eigenvalue weighted by molar-refractivity contribution is 0.0600. The number of carbonyl (C=O) groups excluding carboxylic acids is 2. The van der Waals surface area contributed by atoms with Crippen LogP contribution in [0, 0.1) is 0 Å². The minimum Gasteiger partial charge on any atom is -0.465 e. The van der Waals surface area contributed by atoms with Crippen LogP contribution in [0.3, 0.4) is 0 Å². The number of aromatic nitrogens is 3. The van der Waals surface area contributed by atoms with E-state index in [-0.39, 0.29) is 12.2 Å². The van der Waals surface area contributed by atoms with Crippen LogP contribution in [-0.4, -0.2) is 39.1 Å². The summed E-state index contributed by atoms with van der Waals surface area (Å²) >= 11 is 0. The molecule has 0 saturated heterocycles. The predicted octanol–water partition coefficient (Wildman–Crippen LogP) is 2.05. The molecule has 0 saturated carbocycles. The lowest BCUT2D eigenvalue weighted by Crippen LogP contribution is -2.13. The average Bonchev–Trinajstić information content (AvgIpc) is 3.17. The van der Waals surface area contributed by atoms with E-state index in [2.05, 4.69) is 20.4 Å². The van der Waals surface area contributed by atoms with E-state index in [1.54, 1.807) is 18.2 Å². The van der Waals surface area contributed by atoms with Crippen LogP contribution in [0.2, 0.25) is 0 Å². The number of hydrogen-bond donors (Lipinski definition) is 2. The first-order valence-corrected chi connectivity index (χ1v) is 8.19. The Bertz CT molecular complexity index is 940. The predicted molar refractivity (Wildman–Crippen MR) is 97.2 cm³/mol. The van der Waals surface area contributed by atoms with E-state index in [0.29, 0.717) is 11.3 Å². The number of nitrogens with one attached hydrogen (secondary N) is 1. The number of aliphatic hydroxyl groups excluding tert-OH is 1. The Morgan fingerprint density at radius 3 is 2.70 bits per heavy atom. The molecule has 1 heterocycles. The molecular formula is C19H18N4O4. The molecule has 1 aromatic heterocycles. The molecule has 3 rings (SSSR count). The van der Waals surface area contributed by atoms with E-state index in [1.165, 1.54) is 24.1 Å². The number of ether oxygens (including phenoxy) is 1. The summed E-state index contributed by atoms with van der Waals surface area (Å²) in [5.41, 5.74) is 1.60. The van der Waals surface area contributed by atoms with Crippen LogP contribution in [0.5, 0.6) is 0 Å². The number of esters is 1. The standard InChI is InChI=1S/C19H18N4O4/c1-27-19(26)14-8-5-9-15(10-14)20-18(25)16-11-23(22-21-16)12-17(24)13-6-3-2-4-7-13/h2-11,17,24H,12H2,1H3,(H,20,25)/t17-/m0/s1. The van der Waals surface area contributed by atoms with Gasteiger partial charge in [-0.05, 0) is 23.8 Å². The third-order valence-electron chi connectivity index (χ3n) is 3.86. The number of nitrogens with zero attached hydrogens (tertiary/aromatic N) is 3. The van der Waals surface area contributed by atoms with Crippen molar-refractivity contribution in [2.45, 2.75) is 12.6 Å². The van der Waals surface area contributed by atoms with E-state index < -0.39 is 18.0 Å². The molecule has 0 aliphatic rings. The van der Waals surface area contributed by atoms with Crippen molar-refractivity contribution in [2.24, 2.45) is 0 Å². The summed E-state index contributed by atoms with van der Waals surface area (Å²) in [6.07, 6.45) is 0.687. The van der Waals surface area contributed by atoms with Crippen molar-refractivity contribution in [1.82, 2.24) is 15.0 Å². The van der Waals surface area contributed by atoms with Crippen LogP contribution in [0.15, 0.2) is 60.8 Å². The number of rotatable bonds is 6. The fourth-order valence-electron chi connectivity index (χ4n) is 2.49. The van der Waals surface area contributed by atoms with E-state index in [1.807, 2.05) is 30.3 Å². The highest BCUT2D eigenvalue weighted by Gasteiger charge is 2.15. The van der Waals surface area contributed by atoms with Gasteiger partial charge in [0.1, 0.15) is 0 Å². The number of anilines is 1. The van der Waals surface area contributed by atoms with Crippen molar-refractivity contribution in [2.75, 3.05) is 12.4 Å². The zero-order chi connectivity index (χ0) is 19.2. The molecule has 138 valence electrons. The monoisotopic (exact) mass is 366 g/mol. The van der Waals surface area contributed by atoms with E-state index in [9.17, 15) is 14.7 Å². The number of methoxy groups -OCH3 is 1. The molecule has 27 heavy (non-hydrogen) atoms. The van der Waals surface area contributed by atoms with Crippen molar-refractivity contribution in [3.05, 3.63) is 77.6 Å². The molecule has 0 aliphatic carbocycles. The molecule has 0 fully saturated rings. The molecule has 3 aromatic rings. The summed E-state index contributed by atoms with van der Waals surface area (Å²) in [5, 5.41) is 20.6. The van der Waals surface area contributed by atoms with Crippen LogP contribution in [0.25, 0.3) is 0 Å². The average molecular weight is 366 g/mol. The Balaban J connectivity index is 1.66. The van der Waals surface area contributed by atoms with Gasteiger partial charge in [-0.3, -0.25) is 4.79 Å². The van der Waals surface area contributed by atoms with Gasteiger partial charge in [-0.2, -0.15) is 0 Å². The summed E-state index contributed by atoms with van der Waals surface area (Å²) in [6, 6.07) is 15.5. The van der Waals surface area contributed by atoms with Gasteiger partial charge in [0.15, 0.2) is 5.69 Å². The smallest absolute Gasteiger partial charge is 0.337 e. The second kappa shape index (κ2) is 8.24. The second-order valence-corrected chi connectivity index (χ2v) is 5.78. The molecule has 0 spiro atoms. The van der Waals surface area contributed by atoms with Crippen LogP contribution in [0.4, 0.5) is 5.69 Å². The van der Waals surface area contributed by atoms with Crippen LogP contribution < -0.4 is 5.32 Å². The largest absolute Gasteiger partial charge is 0.465 e. The van der Waals surface area contributed by atoms with Gasteiger partial charge in [-0.1, -0.05) is 41.6 Å². The van der Waals surface area contributed by atoms with Crippen molar-refractivity contribution in [1.29, 1.82) is 0 Å². The Morgan fingerprint density at radius 1 is 1.19 bits per heavy atom. The first kappa shape index (κ1) is 18.3. The molecule has 2 aromatic carbocycles. The van der Waals surface area contributed by atoms with Gasteiger partial charge in [0.2, 0.25) is 0 Å². The maximum Gasteiger partial charge on any atom is 0.337 e. The molecule has 0 unspecified atom stereocenters. The summed E-state index contributed by atoms with van der Waals surface area (Å²) in [7, 11) is 1.29. The van der Waals surface area contributed by atoms with Gasteiger partial charge < -0.3 is 15.2 Å². The highest BCUT2D eigenvalue weighted by atomic mass is 16.5. The zero-order valence-corrected chi connectivity index (χ0v) is 14.6. The maximum atomic E-state index is 12.3. The molecule has 8 heteroatoms. The highest BCUT2D eigenvalue weighted by Crippen LogP contribution is 2.15. The van der Waals surface area contributed by atoms with Gasteiger partial charge in [0.25, 0.3) is 5.91 Å². The second-order valence-electron chi connectivity index (χ2n) is 5.78. The van der Waals surface area contributed by atoms with Gasteiger partial charge in [-0.15, -0.1) is 5.10 Å². The summed E-state index contributed by atoms with van der Waals surface area (Å²) in [5.74, 6) is -0.968. The Kier molecular flexibility index (Phi) is 5.58. The molecule has 2 N–H and O–H groups in total. The number of benzene rings is 2. The quantitative estimate of drug-likeness (QED) is 0.647. The highest BCUT2D eigenvalue weighted by molar-refractivity contribution is 6.03. The lowest BCUT2D eigenvalue weighted by atomic mass is 10.1. The number of hydrogen-bond acceptors (Lipinski definition) is 6. The van der Waals surface area contributed by atoms with Gasteiger partial charge in [-0.25, -0.2) is 9.48 Å². The van der Waals surface area contributed by atoms with Crippen LogP contribution in [0.1, 0.15) is 32.5 Å². The number of carbonyl (C=O) groups is 2. The molecule has 0 aliphatic heterocycles. The van der Waals surface area contributed by atoms with Gasteiger partial charge in [0.05, 0.1) is 31.5 Å². The minimum atomic E-state index is -0.763. The Labute approximate surface area is 155 Å². The van der Waals surface area contributed by atoms with Crippen molar-refractivity contribution in [3.63, 3.8) is 0 Å². The fraction of sp³-hybridized carbons (Fsp3) is 0.158. The molecule has 1 atom stereocenters. The van der Waals surface area contributed by atoms with Crippen molar-refractivity contribution >= 4 is 17.6 Å². The third-order valence-corrected chi connectivity index (χ3v) is 3.86. The molecule has 1 amide bonds. The molecule has 8 nitrogen and oxygen atoms in total. The maximum absolute atomic E-state index is 12.3. The number of amides is 1. The third kappa shape index (κ3) is 4.56. The molecule has 0 radical (unpaired) electrons. The first-order valence-electron chi connectivity index (χ1n) is 8.19. The summed E-state index contributed by atoms with van der Waals surface area (Å²) in [4.78, 5) is 23.9.